The number of hydrogen-bond acceptors (Lipinski definition) is 3. The van der Waals surface area contributed by atoms with Crippen LogP contribution in [-0.4, -0.2) is 40.6 Å². The van der Waals surface area contributed by atoms with Crippen molar-refractivity contribution in [1.82, 2.24) is 15.1 Å². The molecule has 1 amide bonds. The molecule has 2 unspecified atom stereocenters. The number of benzene rings is 1. The molecule has 1 heterocycles. The second kappa shape index (κ2) is 9.45. The first-order valence-corrected chi connectivity index (χ1v) is 8.09. The molecular weight excluding hydrogens is 324 g/mol. The van der Waals surface area contributed by atoms with Crippen LogP contribution in [0, 0.1) is 5.92 Å². The molecule has 132 valence electrons. The first-order valence-electron chi connectivity index (χ1n) is 8.09. The molecule has 0 saturated carbocycles. The summed E-state index contributed by atoms with van der Waals surface area (Å²) in [5.74, 6) is -0.0357. The molecule has 0 aliphatic carbocycles. The highest BCUT2D eigenvalue weighted by Gasteiger charge is 2.20. The van der Waals surface area contributed by atoms with Gasteiger partial charge in [0.25, 0.3) is 0 Å². The van der Waals surface area contributed by atoms with Gasteiger partial charge in [0.2, 0.25) is 5.91 Å². The SMILES string of the molecule is CC(N)C(C)C(=O)N(C)CCCc1cc(-c2ccccc2)n[nH]1.Cl. The Morgan fingerprint density at radius 3 is 2.58 bits per heavy atom. The average molecular weight is 351 g/mol. The van der Waals surface area contributed by atoms with E-state index in [4.69, 9.17) is 5.73 Å². The summed E-state index contributed by atoms with van der Waals surface area (Å²) >= 11 is 0. The van der Waals surface area contributed by atoms with Gasteiger partial charge in [-0.05, 0) is 25.8 Å². The van der Waals surface area contributed by atoms with Crippen LogP contribution in [0.25, 0.3) is 11.3 Å². The van der Waals surface area contributed by atoms with E-state index in [0.717, 1.165) is 36.3 Å². The predicted octanol–water partition coefficient (Wildman–Crippen LogP) is 2.87. The van der Waals surface area contributed by atoms with E-state index in [9.17, 15) is 4.79 Å². The maximum Gasteiger partial charge on any atom is 0.226 e. The van der Waals surface area contributed by atoms with Crippen LogP contribution in [0.1, 0.15) is 26.0 Å². The molecule has 1 aromatic carbocycles. The van der Waals surface area contributed by atoms with Gasteiger partial charge in [0.15, 0.2) is 0 Å². The zero-order valence-corrected chi connectivity index (χ0v) is 15.3. The zero-order valence-electron chi connectivity index (χ0n) is 14.5. The first kappa shape index (κ1) is 20.2. The highest BCUT2D eigenvalue weighted by Crippen LogP contribution is 2.17. The van der Waals surface area contributed by atoms with Crippen LogP contribution in [0.3, 0.4) is 0 Å². The molecule has 0 spiro atoms. The number of carbonyl (C=O) groups is 1. The molecule has 0 aliphatic heterocycles. The molecule has 0 aliphatic rings. The van der Waals surface area contributed by atoms with E-state index in [1.165, 1.54) is 0 Å². The summed E-state index contributed by atoms with van der Waals surface area (Å²) in [6, 6.07) is 12.0. The number of hydrogen-bond donors (Lipinski definition) is 2. The van der Waals surface area contributed by atoms with Gasteiger partial charge in [-0.2, -0.15) is 5.10 Å². The van der Waals surface area contributed by atoms with Crippen LogP contribution in [0.2, 0.25) is 0 Å². The topological polar surface area (TPSA) is 75.0 Å². The molecule has 2 rings (SSSR count). The molecule has 5 nitrogen and oxygen atoms in total. The molecule has 0 fully saturated rings. The van der Waals surface area contributed by atoms with Gasteiger partial charge < -0.3 is 10.6 Å². The standard InChI is InChI=1S/C18H26N4O.ClH/c1-13(14(2)19)18(23)22(3)11-7-10-16-12-17(21-20-16)15-8-5-4-6-9-15;/h4-6,8-9,12-14H,7,10-11,19H2,1-3H3,(H,20,21);1H. The van der Waals surface area contributed by atoms with E-state index in [0.29, 0.717) is 0 Å². The number of aromatic amines is 1. The lowest BCUT2D eigenvalue weighted by Crippen LogP contribution is -2.40. The number of amides is 1. The van der Waals surface area contributed by atoms with Crippen LogP contribution in [0.4, 0.5) is 0 Å². The van der Waals surface area contributed by atoms with Gasteiger partial charge in [-0.3, -0.25) is 9.89 Å². The maximum absolute atomic E-state index is 12.1. The van der Waals surface area contributed by atoms with Crippen molar-refractivity contribution in [2.45, 2.75) is 32.7 Å². The Balaban J connectivity index is 0.00000288. The second-order valence-electron chi connectivity index (χ2n) is 6.16. The lowest BCUT2D eigenvalue weighted by molar-refractivity contribution is -0.134. The Morgan fingerprint density at radius 2 is 1.96 bits per heavy atom. The van der Waals surface area contributed by atoms with Crippen LogP contribution in [0.5, 0.6) is 0 Å². The molecule has 3 N–H and O–H groups in total. The fourth-order valence-corrected chi connectivity index (χ4v) is 2.44. The van der Waals surface area contributed by atoms with E-state index in [1.807, 2.05) is 51.2 Å². The van der Waals surface area contributed by atoms with E-state index >= 15 is 0 Å². The summed E-state index contributed by atoms with van der Waals surface area (Å²) in [5.41, 5.74) is 8.94. The van der Waals surface area contributed by atoms with E-state index in [2.05, 4.69) is 16.3 Å². The minimum atomic E-state index is -0.142. The number of nitrogens with one attached hydrogen (secondary N) is 1. The number of nitrogens with two attached hydrogens (primary N) is 1. The third-order valence-corrected chi connectivity index (χ3v) is 4.19. The Morgan fingerprint density at radius 1 is 1.29 bits per heavy atom. The molecule has 24 heavy (non-hydrogen) atoms. The molecule has 0 radical (unpaired) electrons. The Labute approximate surface area is 150 Å². The number of H-pyrrole nitrogens is 1. The number of halogens is 1. The van der Waals surface area contributed by atoms with E-state index in [1.54, 1.807) is 4.90 Å². The fraction of sp³-hybridized carbons (Fsp3) is 0.444. The van der Waals surface area contributed by atoms with Crippen molar-refractivity contribution in [2.75, 3.05) is 13.6 Å². The van der Waals surface area contributed by atoms with Crippen molar-refractivity contribution >= 4 is 18.3 Å². The van der Waals surface area contributed by atoms with Gasteiger partial charge in [-0.15, -0.1) is 12.4 Å². The molecule has 2 aromatic rings. The van der Waals surface area contributed by atoms with Crippen molar-refractivity contribution in [2.24, 2.45) is 11.7 Å². The fourth-order valence-electron chi connectivity index (χ4n) is 2.44. The van der Waals surface area contributed by atoms with Gasteiger partial charge in [0, 0.05) is 30.9 Å². The smallest absolute Gasteiger partial charge is 0.226 e. The normalized spacial score (nSPS) is 13.0. The van der Waals surface area contributed by atoms with Crippen LogP contribution >= 0.6 is 12.4 Å². The van der Waals surface area contributed by atoms with Crippen LogP contribution in [0.15, 0.2) is 36.4 Å². The summed E-state index contributed by atoms with van der Waals surface area (Å²) in [4.78, 5) is 13.9. The van der Waals surface area contributed by atoms with Crippen molar-refractivity contribution < 1.29 is 4.79 Å². The highest BCUT2D eigenvalue weighted by molar-refractivity contribution is 5.85. The van der Waals surface area contributed by atoms with Crippen LogP contribution < -0.4 is 5.73 Å². The summed E-state index contributed by atoms with van der Waals surface area (Å²) in [5, 5.41) is 7.42. The minimum absolute atomic E-state index is 0. The third-order valence-electron chi connectivity index (χ3n) is 4.19. The zero-order chi connectivity index (χ0) is 16.8. The van der Waals surface area contributed by atoms with E-state index in [-0.39, 0.29) is 30.3 Å². The monoisotopic (exact) mass is 350 g/mol. The predicted molar refractivity (Wildman–Crippen MR) is 100 cm³/mol. The number of rotatable bonds is 7. The van der Waals surface area contributed by atoms with E-state index < -0.39 is 0 Å². The quantitative estimate of drug-likeness (QED) is 0.806. The Bertz CT molecular complexity index is 627. The molecule has 6 heteroatoms. The van der Waals surface area contributed by atoms with Gasteiger partial charge in [-0.25, -0.2) is 0 Å². The molecule has 0 bridgehead atoms. The Hall–Kier alpha value is -1.85. The maximum atomic E-state index is 12.1. The molecule has 2 atom stereocenters. The van der Waals surface area contributed by atoms with Crippen molar-refractivity contribution in [3.05, 3.63) is 42.1 Å². The lowest BCUT2D eigenvalue weighted by atomic mass is 10.0. The third kappa shape index (κ3) is 5.35. The second-order valence-corrected chi connectivity index (χ2v) is 6.16. The minimum Gasteiger partial charge on any atom is -0.345 e. The van der Waals surface area contributed by atoms with Gasteiger partial charge in [0.1, 0.15) is 0 Å². The van der Waals surface area contributed by atoms with Gasteiger partial charge in [-0.1, -0.05) is 37.3 Å². The van der Waals surface area contributed by atoms with Crippen LogP contribution in [-0.2, 0) is 11.2 Å². The van der Waals surface area contributed by atoms with Crippen molar-refractivity contribution in [3.8, 4) is 11.3 Å². The highest BCUT2D eigenvalue weighted by atomic mass is 35.5. The largest absolute Gasteiger partial charge is 0.345 e. The molecule has 0 saturated heterocycles. The summed E-state index contributed by atoms with van der Waals surface area (Å²) in [7, 11) is 1.84. The number of aromatic nitrogens is 2. The summed E-state index contributed by atoms with van der Waals surface area (Å²) < 4.78 is 0. The average Bonchev–Trinajstić information content (AvgIpc) is 3.03. The Kier molecular flexibility index (Phi) is 7.95. The summed E-state index contributed by atoms with van der Waals surface area (Å²) in [6.45, 7) is 4.46. The number of aryl methyl sites for hydroxylation is 1. The number of carbonyl (C=O) groups excluding carboxylic acids is 1. The molecular formula is C18H27ClN4O. The van der Waals surface area contributed by atoms with Gasteiger partial charge >= 0.3 is 0 Å². The van der Waals surface area contributed by atoms with Crippen molar-refractivity contribution in [1.29, 1.82) is 0 Å². The van der Waals surface area contributed by atoms with Gasteiger partial charge in [0.05, 0.1) is 11.6 Å². The lowest BCUT2D eigenvalue weighted by Gasteiger charge is -2.23. The van der Waals surface area contributed by atoms with Crippen molar-refractivity contribution in [3.63, 3.8) is 0 Å². The molecule has 1 aromatic heterocycles. The summed E-state index contributed by atoms with van der Waals surface area (Å²) in [6.07, 6.45) is 1.76. The first-order chi connectivity index (χ1) is 11.0. The number of nitrogens with zero attached hydrogens (tertiary/aromatic N) is 2.